The van der Waals surface area contributed by atoms with Crippen molar-refractivity contribution in [3.8, 4) is 0 Å². The third-order valence-electron chi connectivity index (χ3n) is 5.40. The van der Waals surface area contributed by atoms with Crippen molar-refractivity contribution in [2.75, 3.05) is 33.3 Å². The van der Waals surface area contributed by atoms with E-state index in [-0.39, 0.29) is 18.7 Å². The SMILES string of the molecule is CN=C(NCc1nc(C(F)(F)F)cs1)N1CC2OCCN(Cc3ccccc3)C2C1. The first kappa shape index (κ1) is 21.1. The van der Waals surface area contributed by atoms with E-state index in [1.165, 1.54) is 5.56 Å². The summed E-state index contributed by atoms with van der Waals surface area (Å²) < 4.78 is 44.2. The predicted molar refractivity (Wildman–Crippen MR) is 109 cm³/mol. The first-order chi connectivity index (χ1) is 14.4. The molecule has 4 rings (SSSR count). The number of hydrogen-bond acceptors (Lipinski definition) is 5. The minimum atomic E-state index is -4.42. The summed E-state index contributed by atoms with van der Waals surface area (Å²) >= 11 is 0.993. The van der Waals surface area contributed by atoms with Gasteiger partial charge in [0.1, 0.15) is 5.01 Å². The van der Waals surface area contributed by atoms with E-state index in [0.717, 1.165) is 36.4 Å². The minimum Gasteiger partial charge on any atom is -0.373 e. The Morgan fingerprint density at radius 1 is 1.30 bits per heavy atom. The van der Waals surface area contributed by atoms with Crippen LogP contribution in [0.2, 0.25) is 0 Å². The molecule has 0 amide bonds. The average Bonchev–Trinajstić information content (AvgIpc) is 3.37. The van der Waals surface area contributed by atoms with Gasteiger partial charge < -0.3 is 15.0 Å². The maximum atomic E-state index is 12.7. The molecule has 2 aliphatic rings. The van der Waals surface area contributed by atoms with Gasteiger partial charge in [0.15, 0.2) is 11.7 Å². The van der Waals surface area contributed by atoms with Crippen molar-refractivity contribution in [3.05, 3.63) is 52.0 Å². The van der Waals surface area contributed by atoms with Gasteiger partial charge in [0.05, 0.1) is 25.3 Å². The number of nitrogens with one attached hydrogen (secondary N) is 1. The van der Waals surface area contributed by atoms with E-state index in [1.807, 2.05) is 18.2 Å². The Kier molecular flexibility index (Phi) is 6.26. The zero-order chi connectivity index (χ0) is 21.1. The van der Waals surface area contributed by atoms with E-state index < -0.39 is 11.9 Å². The van der Waals surface area contributed by atoms with E-state index in [0.29, 0.717) is 24.1 Å². The molecule has 0 bridgehead atoms. The summed E-state index contributed by atoms with van der Waals surface area (Å²) in [5.74, 6) is 0.649. The number of guanidine groups is 1. The van der Waals surface area contributed by atoms with Crippen LogP contribution in [0.4, 0.5) is 13.2 Å². The van der Waals surface area contributed by atoms with Gasteiger partial charge in [0.25, 0.3) is 0 Å². The lowest BCUT2D eigenvalue weighted by molar-refractivity contribution is -0.140. The van der Waals surface area contributed by atoms with Gasteiger partial charge in [-0.25, -0.2) is 4.98 Å². The molecule has 162 valence electrons. The average molecular weight is 440 g/mol. The van der Waals surface area contributed by atoms with Crippen LogP contribution in [-0.4, -0.2) is 66.2 Å². The Labute approximate surface area is 177 Å². The number of thiazole rings is 1. The third-order valence-corrected chi connectivity index (χ3v) is 6.24. The summed E-state index contributed by atoms with van der Waals surface area (Å²) in [6.45, 7) is 4.07. The highest BCUT2D eigenvalue weighted by atomic mass is 32.1. The standard InChI is InChI=1S/C20H24F3N5OS/c1-24-19(25-9-18-26-17(13-30-18)20(21,22)23)28-11-15-16(12-28)29-8-7-27(15)10-14-5-3-2-4-6-14/h2-6,13,15-16H,7-12H2,1H3,(H,24,25). The molecule has 2 saturated heterocycles. The number of morpholine rings is 1. The number of aliphatic imine (C=N–C) groups is 1. The van der Waals surface area contributed by atoms with Crippen LogP contribution < -0.4 is 5.32 Å². The van der Waals surface area contributed by atoms with Crippen molar-refractivity contribution in [1.29, 1.82) is 0 Å². The Morgan fingerprint density at radius 3 is 2.80 bits per heavy atom. The predicted octanol–water partition coefficient (Wildman–Crippen LogP) is 2.82. The molecule has 2 aromatic rings. The zero-order valence-electron chi connectivity index (χ0n) is 16.6. The van der Waals surface area contributed by atoms with Gasteiger partial charge in [0.2, 0.25) is 0 Å². The molecule has 0 aliphatic carbocycles. The fraction of sp³-hybridized carbons (Fsp3) is 0.500. The lowest BCUT2D eigenvalue weighted by atomic mass is 10.1. The molecular weight excluding hydrogens is 415 g/mol. The van der Waals surface area contributed by atoms with Gasteiger partial charge in [-0.2, -0.15) is 13.2 Å². The van der Waals surface area contributed by atoms with Crippen LogP contribution in [0.25, 0.3) is 0 Å². The van der Waals surface area contributed by atoms with Crippen LogP contribution in [0, 0.1) is 0 Å². The van der Waals surface area contributed by atoms with Gasteiger partial charge in [-0.15, -0.1) is 11.3 Å². The minimum absolute atomic E-state index is 0.0812. The van der Waals surface area contributed by atoms with Crippen LogP contribution in [0.15, 0.2) is 40.7 Å². The number of alkyl halides is 3. The lowest BCUT2D eigenvalue weighted by Gasteiger charge is -2.36. The molecule has 2 unspecified atom stereocenters. The molecule has 10 heteroatoms. The summed E-state index contributed by atoms with van der Waals surface area (Å²) in [4.78, 5) is 12.5. The maximum absolute atomic E-state index is 12.7. The molecule has 0 spiro atoms. The number of aromatic nitrogens is 1. The number of likely N-dealkylation sites (tertiary alicyclic amines) is 1. The number of rotatable bonds is 4. The molecule has 1 aromatic carbocycles. The number of nitrogens with zero attached hydrogens (tertiary/aromatic N) is 4. The fourth-order valence-corrected chi connectivity index (χ4v) is 4.70. The molecule has 0 radical (unpaired) electrons. The molecule has 1 N–H and O–H groups in total. The molecule has 3 heterocycles. The monoisotopic (exact) mass is 439 g/mol. The molecule has 2 atom stereocenters. The highest BCUT2D eigenvalue weighted by Gasteiger charge is 2.41. The van der Waals surface area contributed by atoms with E-state index in [1.54, 1.807) is 7.05 Å². The number of fused-ring (bicyclic) bond motifs is 1. The van der Waals surface area contributed by atoms with Gasteiger partial charge >= 0.3 is 6.18 Å². The molecular formula is C20H24F3N5OS. The van der Waals surface area contributed by atoms with Crippen molar-refractivity contribution in [2.45, 2.75) is 31.4 Å². The summed E-state index contributed by atoms with van der Waals surface area (Å²) in [6.07, 6.45) is -4.33. The second-order valence-corrected chi connectivity index (χ2v) is 8.31. The van der Waals surface area contributed by atoms with Gasteiger partial charge in [-0.3, -0.25) is 9.89 Å². The van der Waals surface area contributed by atoms with Crippen LogP contribution in [0.1, 0.15) is 16.3 Å². The number of ether oxygens (including phenoxy) is 1. The van der Waals surface area contributed by atoms with E-state index in [9.17, 15) is 13.2 Å². The van der Waals surface area contributed by atoms with Gasteiger partial charge in [0, 0.05) is 38.6 Å². The highest BCUT2D eigenvalue weighted by Crippen LogP contribution is 2.30. The lowest BCUT2D eigenvalue weighted by Crippen LogP contribution is -2.50. The van der Waals surface area contributed by atoms with Crippen LogP contribution in [0.3, 0.4) is 0 Å². The number of halogens is 3. The van der Waals surface area contributed by atoms with E-state index >= 15 is 0 Å². The largest absolute Gasteiger partial charge is 0.434 e. The summed E-state index contributed by atoms with van der Waals surface area (Å²) in [6, 6.07) is 10.6. The first-order valence-corrected chi connectivity index (χ1v) is 10.7. The smallest absolute Gasteiger partial charge is 0.373 e. The molecule has 6 nitrogen and oxygen atoms in total. The topological polar surface area (TPSA) is 53.0 Å². The Morgan fingerprint density at radius 2 is 2.10 bits per heavy atom. The van der Waals surface area contributed by atoms with Gasteiger partial charge in [-0.05, 0) is 5.56 Å². The molecule has 2 fully saturated rings. The third kappa shape index (κ3) is 4.76. The van der Waals surface area contributed by atoms with E-state index in [4.69, 9.17) is 4.74 Å². The van der Waals surface area contributed by atoms with Gasteiger partial charge in [-0.1, -0.05) is 30.3 Å². The number of hydrogen-bond donors (Lipinski definition) is 1. The Balaban J connectivity index is 1.37. The van der Waals surface area contributed by atoms with Crippen molar-refractivity contribution in [1.82, 2.24) is 20.1 Å². The quantitative estimate of drug-likeness (QED) is 0.587. The molecule has 1 aromatic heterocycles. The van der Waals surface area contributed by atoms with Crippen molar-refractivity contribution in [3.63, 3.8) is 0 Å². The summed E-state index contributed by atoms with van der Waals surface area (Å²) in [5.41, 5.74) is 0.416. The highest BCUT2D eigenvalue weighted by molar-refractivity contribution is 7.09. The van der Waals surface area contributed by atoms with Crippen molar-refractivity contribution < 1.29 is 17.9 Å². The van der Waals surface area contributed by atoms with Crippen LogP contribution in [-0.2, 0) is 24.0 Å². The fourth-order valence-electron chi connectivity index (χ4n) is 3.95. The molecule has 0 saturated carbocycles. The first-order valence-electron chi connectivity index (χ1n) is 9.81. The van der Waals surface area contributed by atoms with Crippen molar-refractivity contribution >= 4 is 17.3 Å². The maximum Gasteiger partial charge on any atom is 0.434 e. The normalized spacial score (nSPS) is 22.9. The van der Waals surface area contributed by atoms with Crippen molar-refractivity contribution in [2.24, 2.45) is 4.99 Å². The van der Waals surface area contributed by atoms with Crippen LogP contribution in [0.5, 0.6) is 0 Å². The van der Waals surface area contributed by atoms with E-state index in [2.05, 4.69) is 37.2 Å². The summed E-state index contributed by atoms with van der Waals surface area (Å²) in [5, 5.41) is 4.57. The number of benzene rings is 1. The summed E-state index contributed by atoms with van der Waals surface area (Å²) in [7, 11) is 1.68. The zero-order valence-corrected chi connectivity index (χ0v) is 17.4. The Hall–Kier alpha value is -2.17. The second-order valence-electron chi connectivity index (χ2n) is 7.36. The Bertz CT molecular complexity index is 873. The second kappa shape index (κ2) is 8.91. The molecule has 30 heavy (non-hydrogen) atoms. The van der Waals surface area contributed by atoms with Crippen LogP contribution >= 0.6 is 11.3 Å². The molecule has 2 aliphatic heterocycles.